The highest BCUT2D eigenvalue weighted by atomic mass is 19.4. The fraction of sp³-hybridized carbons (Fsp3) is 0.222. The minimum absolute atomic E-state index is 0.0844. The molecule has 0 amide bonds. The number of rotatable bonds is 14. The second-order valence-corrected chi connectivity index (χ2v) is 16.7. The normalized spacial score (nSPS) is 13.5. The molecule has 0 saturated carbocycles. The molecule has 2 N–H and O–H groups in total. The van der Waals surface area contributed by atoms with Crippen molar-refractivity contribution in [2.45, 2.75) is 75.2 Å². The second kappa shape index (κ2) is 20.3. The van der Waals surface area contributed by atoms with Crippen molar-refractivity contribution in [3.05, 3.63) is 214 Å². The zero-order chi connectivity index (χ0) is 48.7. The Bertz CT molecular complexity index is 2890. The summed E-state index contributed by atoms with van der Waals surface area (Å²) in [6.45, 7) is 0.169. The van der Waals surface area contributed by atoms with Gasteiger partial charge in [0, 0.05) is 47.4 Å². The number of hydrogen-bond acceptors (Lipinski definition) is 4. The highest BCUT2D eigenvalue weighted by Gasteiger charge is 2.56. The van der Waals surface area contributed by atoms with Gasteiger partial charge in [0.25, 0.3) is 0 Å². The molecule has 0 aliphatic carbocycles. The van der Waals surface area contributed by atoms with Crippen molar-refractivity contribution in [2.24, 2.45) is 0 Å². The standard InChI is InChI=1S/2C27H22F4N2O/c2*28-22-10-4-8-21(14-22)17-33-18-24(23-12-11-20(16-32)15-25(23)33)26(34,27(29,30)31)13-5-9-19-6-2-1-3-7-19/h2*1-4,6-8,10-12,14-15,18,34H,5,9,13,17H2. The van der Waals surface area contributed by atoms with Gasteiger partial charge in [0.2, 0.25) is 0 Å². The molecule has 0 radical (unpaired) electrons. The Balaban J connectivity index is 0.000000201. The molecule has 0 aliphatic rings. The first-order valence-electron chi connectivity index (χ1n) is 21.6. The molecule has 0 saturated heterocycles. The van der Waals surface area contributed by atoms with Crippen molar-refractivity contribution in [3.8, 4) is 12.1 Å². The zero-order valence-corrected chi connectivity index (χ0v) is 36.4. The number of benzene rings is 6. The minimum Gasteiger partial charge on any atom is -0.376 e. The van der Waals surface area contributed by atoms with E-state index in [2.05, 4.69) is 0 Å². The lowest BCUT2D eigenvalue weighted by molar-refractivity contribution is -0.269. The van der Waals surface area contributed by atoms with Gasteiger partial charge in [-0.05, 0) is 109 Å². The molecule has 0 fully saturated rings. The maximum absolute atomic E-state index is 14.3. The SMILES string of the molecule is N#Cc1ccc2c(C(O)(CCCc3ccccc3)C(F)(F)F)cn(Cc3cccc(F)c3)c2c1.N#Cc1ccc2c(C(O)(CCCc3ccccc3)C(F)(F)F)cn(Cc3cccc(F)c3)c2c1. The number of fused-ring (bicyclic) bond motifs is 2. The third-order valence-electron chi connectivity index (χ3n) is 12.0. The van der Waals surface area contributed by atoms with Crippen molar-refractivity contribution >= 4 is 21.8 Å². The Morgan fingerprint density at radius 3 is 1.16 bits per heavy atom. The molecule has 2 atom stereocenters. The van der Waals surface area contributed by atoms with Gasteiger partial charge in [-0.3, -0.25) is 0 Å². The van der Waals surface area contributed by atoms with E-state index in [1.165, 1.54) is 94.3 Å². The van der Waals surface area contributed by atoms with Crippen LogP contribution in [0.25, 0.3) is 21.8 Å². The first kappa shape index (κ1) is 48.7. The van der Waals surface area contributed by atoms with Crippen LogP contribution in [0.15, 0.2) is 158 Å². The van der Waals surface area contributed by atoms with Gasteiger partial charge in [-0.25, -0.2) is 8.78 Å². The van der Waals surface area contributed by atoms with E-state index in [1.807, 2.05) is 72.8 Å². The maximum Gasteiger partial charge on any atom is 0.421 e. The fourth-order valence-corrected chi connectivity index (χ4v) is 8.55. The highest BCUT2D eigenvalue weighted by Crippen LogP contribution is 2.47. The molecule has 2 heterocycles. The molecule has 348 valence electrons. The monoisotopic (exact) mass is 932 g/mol. The van der Waals surface area contributed by atoms with Gasteiger partial charge in [-0.15, -0.1) is 0 Å². The lowest BCUT2D eigenvalue weighted by Crippen LogP contribution is -2.42. The third-order valence-corrected chi connectivity index (χ3v) is 12.0. The first-order valence-corrected chi connectivity index (χ1v) is 21.6. The summed E-state index contributed by atoms with van der Waals surface area (Å²) in [6, 6.07) is 42.5. The predicted octanol–water partition coefficient (Wildman–Crippen LogP) is 12.9. The summed E-state index contributed by atoms with van der Waals surface area (Å²) in [5, 5.41) is 41.2. The van der Waals surface area contributed by atoms with E-state index in [-0.39, 0.29) is 59.0 Å². The molecule has 6 aromatic carbocycles. The van der Waals surface area contributed by atoms with Gasteiger partial charge in [0.15, 0.2) is 11.2 Å². The topological polar surface area (TPSA) is 97.9 Å². The quantitative estimate of drug-likeness (QED) is 0.106. The van der Waals surface area contributed by atoms with Crippen molar-refractivity contribution in [1.82, 2.24) is 9.13 Å². The highest BCUT2D eigenvalue weighted by molar-refractivity contribution is 5.87. The predicted molar refractivity (Wildman–Crippen MR) is 243 cm³/mol. The van der Waals surface area contributed by atoms with Gasteiger partial charge in [0.05, 0.1) is 34.3 Å². The Morgan fingerprint density at radius 2 is 0.824 bits per heavy atom. The summed E-state index contributed by atoms with van der Waals surface area (Å²) in [6.07, 6.45) is -7.33. The zero-order valence-electron chi connectivity index (χ0n) is 36.4. The molecule has 6 nitrogen and oxygen atoms in total. The number of hydrogen-bond donors (Lipinski definition) is 2. The van der Waals surface area contributed by atoms with E-state index >= 15 is 0 Å². The molecular formula is C54H44F8N4O2. The molecule has 68 heavy (non-hydrogen) atoms. The summed E-state index contributed by atoms with van der Waals surface area (Å²) < 4.78 is 116. The van der Waals surface area contributed by atoms with Crippen LogP contribution in [0.1, 0.15) is 70.2 Å². The molecule has 2 unspecified atom stereocenters. The van der Waals surface area contributed by atoms with Crippen LogP contribution >= 0.6 is 0 Å². The molecule has 8 rings (SSSR count). The molecule has 0 bridgehead atoms. The molecule has 8 aromatic rings. The average molecular weight is 933 g/mol. The third kappa shape index (κ3) is 10.8. The summed E-state index contributed by atoms with van der Waals surface area (Å²) in [4.78, 5) is 0. The fourth-order valence-electron chi connectivity index (χ4n) is 8.55. The number of nitrogens with zero attached hydrogens (tertiary/aromatic N) is 4. The summed E-state index contributed by atoms with van der Waals surface area (Å²) in [5.74, 6) is -0.917. The maximum atomic E-state index is 14.3. The van der Waals surface area contributed by atoms with Gasteiger partial charge in [-0.2, -0.15) is 36.9 Å². The Kier molecular flexibility index (Phi) is 14.5. The molecule has 0 aliphatic heterocycles. The number of halogens is 8. The van der Waals surface area contributed by atoms with Crippen molar-refractivity contribution in [3.63, 3.8) is 0 Å². The summed E-state index contributed by atoms with van der Waals surface area (Å²) in [5.41, 5.74) is -2.56. The first-order chi connectivity index (χ1) is 32.4. The molecular weight excluding hydrogens is 889 g/mol. The van der Waals surface area contributed by atoms with E-state index in [4.69, 9.17) is 0 Å². The van der Waals surface area contributed by atoms with Crippen LogP contribution in [-0.4, -0.2) is 31.7 Å². The number of alkyl halides is 6. The molecule has 0 spiro atoms. The molecule has 2 aromatic heterocycles. The van der Waals surface area contributed by atoms with Crippen LogP contribution in [0.5, 0.6) is 0 Å². The van der Waals surface area contributed by atoms with Crippen LogP contribution in [0, 0.1) is 34.3 Å². The second-order valence-electron chi connectivity index (χ2n) is 16.7. The van der Waals surface area contributed by atoms with Gasteiger partial charge in [0.1, 0.15) is 11.6 Å². The van der Waals surface area contributed by atoms with Crippen molar-refractivity contribution in [2.75, 3.05) is 0 Å². The van der Waals surface area contributed by atoms with Gasteiger partial charge >= 0.3 is 12.4 Å². The van der Waals surface area contributed by atoms with E-state index in [0.29, 0.717) is 35.0 Å². The number of aromatic nitrogens is 2. The van der Waals surface area contributed by atoms with Crippen LogP contribution in [0.2, 0.25) is 0 Å². The summed E-state index contributed by atoms with van der Waals surface area (Å²) >= 11 is 0. The number of aliphatic hydroxyl groups is 2. The van der Waals surface area contributed by atoms with Crippen LogP contribution in [0.3, 0.4) is 0 Å². The van der Waals surface area contributed by atoms with Crippen molar-refractivity contribution < 1.29 is 45.3 Å². The Morgan fingerprint density at radius 1 is 0.456 bits per heavy atom. The van der Waals surface area contributed by atoms with Gasteiger partial charge < -0.3 is 19.3 Å². The number of nitriles is 2. The summed E-state index contributed by atoms with van der Waals surface area (Å²) in [7, 11) is 0. The van der Waals surface area contributed by atoms with Crippen LogP contribution in [0.4, 0.5) is 35.1 Å². The van der Waals surface area contributed by atoms with E-state index in [0.717, 1.165) is 11.1 Å². The van der Waals surface area contributed by atoms with Gasteiger partial charge in [-0.1, -0.05) is 97.1 Å². The number of aryl methyl sites for hydroxylation is 2. The van der Waals surface area contributed by atoms with E-state index < -0.39 is 48.0 Å². The average Bonchev–Trinajstić information content (AvgIpc) is 3.86. The largest absolute Gasteiger partial charge is 0.421 e. The van der Waals surface area contributed by atoms with E-state index in [9.17, 15) is 55.9 Å². The Hall–Kier alpha value is -7.26. The lowest BCUT2D eigenvalue weighted by atomic mass is 9.86. The Labute approximate surface area is 387 Å². The lowest BCUT2D eigenvalue weighted by Gasteiger charge is -2.30. The molecule has 14 heteroatoms. The van der Waals surface area contributed by atoms with Crippen LogP contribution in [-0.2, 0) is 37.1 Å². The minimum atomic E-state index is -4.92. The van der Waals surface area contributed by atoms with Crippen molar-refractivity contribution in [1.29, 1.82) is 10.5 Å². The van der Waals surface area contributed by atoms with Crippen LogP contribution < -0.4 is 0 Å². The van der Waals surface area contributed by atoms with E-state index in [1.54, 1.807) is 12.1 Å². The smallest absolute Gasteiger partial charge is 0.376 e.